The third-order valence-corrected chi connectivity index (χ3v) is 5.59. The first-order chi connectivity index (χ1) is 17.3. The van der Waals surface area contributed by atoms with Gasteiger partial charge in [0.25, 0.3) is 5.56 Å². The van der Waals surface area contributed by atoms with Crippen LogP contribution in [0, 0.1) is 5.41 Å². The molecule has 186 valence electrons. The van der Waals surface area contributed by atoms with E-state index in [2.05, 4.69) is 40.1 Å². The van der Waals surface area contributed by atoms with E-state index >= 15 is 0 Å². The summed E-state index contributed by atoms with van der Waals surface area (Å²) in [6.07, 6.45) is 6.77. The second-order valence-electron chi connectivity index (χ2n) is 9.57. The van der Waals surface area contributed by atoms with E-state index in [0.717, 1.165) is 37.3 Å². The fourth-order valence-corrected chi connectivity index (χ4v) is 3.52. The van der Waals surface area contributed by atoms with Gasteiger partial charge >= 0.3 is 0 Å². The number of amides is 1. The number of aromatic amines is 1. The quantitative estimate of drug-likeness (QED) is 0.369. The molecule has 2 N–H and O–H groups in total. The number of carbonyl (C=O) groups excluding carboxylic acids is 1. The number of rotatable bonds is 9. The molecule has 0 unspecified atom stereocenters. The van der Waals surface area contributed by atoms with Crippen molar-refractivity contribution < 1.29 is 4.79 Å². The molecule has 10 heteroatoms. The van der Waals surface area contributed by atoms with E-state index in [1.807, 2.05) is 36.4 Å². The van der Waals surface area contributed by atoms with Crippen LogP contribution >= 0.6 is 0 Å². The first kappa shape index (κ1) is 25.1. The molecule has 0 aliphatic carbocycles. The fraction of sp³-hybridized carbons (Fsp3) is 0.346. The maximum atomic E-state index is 12.7. The van der Waals surface area contributed by atoms with Gasteiger partial charge in [0.1, 0.15) is 0 Å². The van der Waals surface area contributed by atoms with Gasteiger partial charge in [0.2, 0.25) is 11.9 Å². The van der Waals surface area contributed by atoms with Crippen LogP contribution in [0.3, 0.4) is 0 Å². The maximum Gasteiger partial charge on any atom is 0.280 e. The van der Waals surface area contributed by atoms with Gasteiger partial charge in [-0.05, 0) is 24.3 Å². The van der Waals surface area contributed by atoms with Crippen molar-refractivity contribution in [2.45, 2.75) is 40.2 Å². The molecule has 0 bridgehead atoms. The number of hydrogen-bond donors (Lipinski definition) is 2. The zero-order valence-corrected chi connectivity index (χ0v) is 20.7. The summed E-state index contributed by atoms with van der Waals surface area (Å²) in [5, 5.41) is 2.63. The number of H-pyrrole nitrogens is 1. The number of nitrogens with zero attached hydrogens (tertiary/aromatic N) is 6. The third-order valence-electron chi connectivity index (χ3n) is 5.59. The Labute approximate surface area is 209 Å². The minimum Gasteiger partial charge on any atom is -0.297 e. The fourth-order valence-electron chi connectivity index (χ4n) is 3.52. The Hall–Kier alpha value is -4.05. The van der Waals surface area contributed by atoms with Crippen molar-refractivity contribution in [2.75, 3.05) is 18.4 Å². The molecule has 0 fully saturated rings. The minimum atomic E-state index is -0.628. The predicted molar refractivity (Wildman–Crippen MR) is 137 cm³/mol. The normalized spacial score (nSPS) is 11.7. The molecule has 36 heavy (non-hydrogen) atoms. The Morgan fingerprint density at radius 3 is 2.11 bits per heavy atom. The number of hydrogen-bond acceptors (Lipinski definition) is 8. The lowest BCUT2D eigenvalue weighted by Gasteiger charge is -2.21. The van der Waals surface area contributed by atoms with E-state index in [1.165, 1.54) is 0 Å². The third kappa shape index (κ3) is 6.76. The second kappa shape index (κ2) is 11.1. The van der Waals surface area contributed by atoms with Crippen LogP contribution in [-0.4, -0.2) is 53.8 Å². The molecular weight excluding hydrogens is 456 g/mol. The van der Waals surface area contributed by atoms with Crippen molar-refractivity contribution in [2.24, 2.45) is 5.41 Å². The van der Waals surface area contributed by atoms with Crippen LogP contribution in [0.25, 0.3) is 11.2 Å². The van der Waals surface area contributed by atoms with Gasteiger partial charge < -0.3 is 0 Å². The molecule has 4 aromatic heterocycles. The van der Waals surface area contributed by atoms with Crippen LogP contribution in [0.15, 0.2) is 59.8 Å². The van der Waals surface area contributed by atoms with Crippen LogP contribution in [0.5, 0.6) is 0 Å². The molecule has 4 rings (SSSR count). The van der Waals surface area contributed by atoms with E-state index in [-0.39, 0.29) is 23.0 Å². The lowest BCUT2D eigenvalue weighted by Crippen LogP contribution is -2.30. The van der Waals surface area contributed by atoms with Gasteiger partial charge in [0, 0.05) is 61.7 Å². The number of aromatic nitrogens is 6. The Morgan fingerprint density at radius 2 is 1.56 bits per heavy atom. The van der Waals surface area contributed by atoms with E-state index in [9.17, 15) is 9.59 Å². The van der Waals surface area contributed by atoms with Crippen molar-refractivity contribution >= 4 is 23.0 Å². The molecule has 0 spiro atoms. The van der Waals surface area contributed by atoms with E-state index in [1.54, 1.807) is 39.4 Å². The number of carbonyl (C=O) groups is 1. The summed E-state index contributed by atoms with van der Waals surface area (Å²) in [6, 6.07) is 11.8. The standard InChI is InChI=1S/C26H30N8O2/c1-26(2,3)24(36)33-25-31-22-21(23(35)32-25)30-20(16-29-22)17-34(14-10-18-8-4-6-12-27-18)15-11-19-9-5-7-13-28-19/h4-9,12-13,16H,10-11,14-15,17H2,1-3H3,(H2,29,31,32,33,35,36). The summed E-state index contributed by atoms with van der Waals surface area (Å²) in [5.74, 6) is -0.201. The Kier molecular flexibility index (Phi) is 7.74. The lowest BCUT2D eigenvalue weighted by molar-refractivity contribution is -0.123. The minimum absolute atomic E-state index is 0.0572. The largest absolute Gasteiger partial charge is 0.297 e. The molecule has 0 aliphatic heterocycles. The van der Waals surface area contributed by atoms with Gasteiger partial charge in [-0.1, -0.05) is 32.9 Å². The van der Waals surface area contributed by atoms with E-state index < -0.39 is 11.0 Å². The van der Waals surface area contributed by atoms with Crippen molar-refractivity contribution in [3.05, 3.63) is 82.4 Å². The van der Waals surface area contributed by atoms with E-state index in [0.29, 0.717) is 12.2 Å². The molecule has 10 nitrogen and oxygen atoms in total. The van der Waals surface area contributed by atoms with Crippen molar-refractivity contribution in [3.8, 4) is 0 Å². The first-order valence-electron chi connectivity index (χ1n) is 11.9. The van der Waals surface area contributed by atoms with Crippen LogP contribution in [0.4, 0.5) is 5.95 Å². The molecule has 0 atom stereocenters. The Balaban J connectivity index is 1.51. The highest BCUT2D eigenvalue weighted by molar-refractivity contribution is 5.93. The molecule has 0 aliphatic rings. The highest BCUT2D eigenvalue weighted by Crippen LogP contribution is 2.16. The molecule has 4 heterocycles. The highest BCUT2D eigenvalue weighted by Gasteiger charge is 2.22. The zero-order valence-electron chi connectivity index (χ0n) is 20.7. The smallest absolute Gasteiger partial charge is 0.280 e. The zero-order chi connectivity index (χ0) is 25.5. The van der Waals surface area contributed by atoms with Crippen LogP contribution < -0.4 is 10.9 Å². The molecule has 1 amide bonds. The van der Waals surface area contributed by atoms with Crippen molar-refractivity contribution in [3.63, 3.8) is 0 Å². The van der Waals surface area contributed by atoms with Crippen LogP contribution in [0.1, 0.15) is 37.9 Å². The van der Waals surface area contributed by atoms with Crippen molar-refractivity contribution in [1.29, 1.82) is 0 Å². The molecule has 0 saturated carbocycles. The number of anilines is 1. The van der Waals surface area contributed by atoms with Crippen LogP contribution in [0.2, 0.25) is 0 Å². The van der Waals surface area contributed by atoms with Gasteiger partial charge in [0.05, 0.1) is 11.9 Å². The summed E-state index contributed by atoms with van der Waals surface area (Å²) in [5.41, 5.74) is 1.91. The average Bonchev–Trinajstić information content (AvgIpc) is 2.86. The van der Waals surface area contributed by atoms with Gasteiger partial charge in [0.15, 0.2) is 11.2 Å². The summed E-state index contributed by atoms with van der Waals surface area (Å²) in [6.45, 7) is 7.36. The summed E-state index contributed by atoms with van der Waals surface area (Å²) in [7, 11) is 0. The number of fused-ring (bicyclic) bond motifs is 1. The Bertz CT molecular complexity index is 1320. The van der Waals surface area contributed by atoms with E-state index in [4.69, 9.17) is 0 Å². The Morgan fingerprint density at radius 1 is 0.917 bits per heavy atom. The van der Waals surface area contributed by atoms with Crippen LogP contribution in [-0.2, 0) is 24.2 Å². The molecular formula is C26H30N8O2. The lowest BCUT2D eigenvalue weighted by atomic mass is 9.96. The van der Waals surface area contributed by atoms with Gasteiger partial charge in [-0.15, -0.1) is 0 Å². The van der Waals surface area contributed by atoms with Gasteiger partial charge in [-0.2, -0.15) is 4.98 Å². The topological polar surface area (TPSA) is 130 Å². The summed E-state index contributed by atoms with van der Waals surface area (Å²) in [4.78, 5) is 51.8. The van der Waals surface area contributed by atoms with Gasteiger partial charge in [-0.3, -0.25) is 34.8 Å². The first-order valence-corrected chi connectivity index (χ1v) is 11.9. The molecule has 0 aromatic carbocycles. The molecule has 4 aromatic rings. The number of pyridine rings is 2. The van der Waals surface area contributed by atoms with Crippen molar-refractivity contribution in [1.82, 2.24) is 34.8 Å². The summed E-state index contributed by atoms with van der Waals surface area (Å²) < 4.78 is 0. The second-order valence-corrected chi connectivity index (χ2v) is 9.57. The SMILES string of the molecule is CC(C)(C)C(=O)Nc1nc2ncc(CN(CCc3ccccn3)CCc3ccccn3)nc2c(=O)[nH]1. The summed E-state index contributed by atoms with van der Waals surface area (Å²) >= 11 is 0. The highest BCUT2D eigenvalue weighted by atomic mass is 16.2. The molecule has 0 saturated heterocycles. The number of nitrogens with one attached hydrogen (secondary N) is 2. The monoisotopic (exact) mass is 486 g/mol. The molecule has 0 radical (unpaired) electrons. The maximum absolute atomic E-state index is 12.7. The average molecular weight is 487 g/mol. The predicted octanol–water partition coefficient (Wildman–Crippen LogP) is 2.78. The van der Waals surface area contributed by atoms with Gasteiger partial charge in [-0.25, -0.2) is 9.97 Å².